The summed E-state index contributed by atoms with van der Waals surface area (Å²) < 4.78 is 25.9. The molecule has 0 fully saturated rings. The molecule has 0 saturated carbocycles. The highest BCUT2D eigenvalue weighted by Gasteiger charge is 1.94. The monoisotopic (exact) mass is 231 g/mol. The van der Waals surface area contributed by atoms with Crippen LogP contribution in [0, 0.1) is 0 Å². The zero-order chi connectivity index (χ0) is 11.9. The zero-order valence-corrected chi connectivity index (χ0v) is 9.74. The maximum atomic E-state index is 9.19. The van der Waals surface area contributed by atoms with Crippen LogP contribution in [-0.4, -0.2) is 25.3 Å². The zero-order valence-electron chi connectivity index (χ0n) is 8.92. The van der Waals surface area contributed by atoms with Gasteiger partial charge in [-0.05, 0) is 18.9 Å². The molecule has 4 nitrogen and oxygen atoms in total. The SMILES string of the molecule is CS(=O)(=O)O.C[C@H](N)Cc1ccccc1. The van der Waals surface area contributed by atoms with Gasteiger partial charge in [-0.2, -0.15) is 8.42 Å². The molecule has 0 aliphatic rings. The number of hydrogen-bond acceptors (Lipinski definition) is 3. The topological polar surface area (TPSA) is 80.4 Å². The highest BCUT2D eigenvalue weighted by molar-refractivity contribution is 7.85. The molecule has 5 heteroatoms. The van der Waals surface area contributed by atoms with E-state index in [1.165, 1.54) is 5.56 Å². The van der Waals surface area contributed by atoms with Gasteiger partial charge in [0.15, 0.2) is 0 Å². The molecule has 0 aromatic heterocycles. The van der Waals surface area contributed by atoms with Crippen molar-refractivity contribution in [1.82, 2.24) is 0 Å². The number of benzene rings is 1. The summed E-state index contributed by atoms with van der Waals surface area (Å²) >= 11 is 0. The predicted molar refractivity (Wildman–Crippen MR) is 61.3 cm³/mol. The van der Waals surface area contributed by atoms with E-state index in [4.69, 9.17) is 10.3 Å². The summed E-state index contributed by atoms with van der Waals surface area (Å²) in [7, 11) is -3.67. The predicted octanol–water partition coefficient (Wildman–Crippen LogP) is 1.08. The third kappa shape index (κ3) is 13.1. The maximum Gasteiger partial charge on any atom is 0.261 e. The van der Waals surface area contributed by atoms with Gasteiger partial charge in [-0.25, -0.2) is 0 Å². The van der Waals surface area contributed by atoms with Crippen molar-refractivity contribution in [1.29, 1.82) is 0 Å². The largest absolute Gasteiger partial charge is 0.328 e. The molecule has 0 amide bonds. The molecule has 3 N–H and O–H groups in total. The Balaban J connectivity index is 0.000000336. The van der Waals surface area contributed by atoms with Crippen molar-refractivity contribution in [3.8, 4) is 0 Å². The first kappa shape index (κ1) is 14.1. The number of hydrogen-bond donors (Lipinski definition) is 2. The summed E-state index contributed by atoms with van der Waals surface area (Å²) in [5.41, 5.74) is 6.94. The molecule has 0 unspecified atom stereocenters. The van der Waals surface area contributed by atoms with Crippen LogP contribution in [0.2, 0.25) is 0 Å². The Morgan fingerprint density at radius 1 is 1.33 bits per heavy atom. The average molecular weight is 231 g/mol. The van der Waals surface area contributed by atoms with Gasteiger partial charge in [0.25, 0.3) is 10.1 Å². The van der Waals surface area contributed by atoms with E-state index in [1.54, 1.807) is 0 Å². The minimum absolute atomic E-state index is 0.266. The van der Waals surface area contributed by atoms with E-state index < -0.39 is 10.1 Å². The van der Waals surface area contributed by atoms with E-state index in [1.807, 2.05) is 25.1 Å². The van der Waals surface area contributed by atoms with Gasteiger partial charge >= 0.3 is 0 Å². The van der Waals surface area contributed by atoms with Gasteiger partial charge in [0.05, 0.1) is 6.26 Å². The lowest BCUT2D eigenvalue weighted by Gasteiger charge is -2.02. The molecule has 0 spiro atoms. The maximum absolute atomic E-state index is 9.19. The van der Waals surface area contributed by atoms with E-state index in [0.717, 1.165) is 6.42 Å². The second kappa shape index (κ2) is 6.55. The van der Waals surface area contributed by atoms with Gasteiger partial charge in [0.1, 0.15) is 0 Å². The first-order chi connectivity index (χ1) is 6.79. The second-order valence-corrected chi connectivity index (χ2v) is 4.87. The van der Waals surface area contributed by atoms with Crippen LogP contribution >= 0.6 is 0 Å². The molecule has 0 saturated heterocycles. The summed E-state index contributed by atoms with van der Waals surface area (Å²) in [5.74, 6) is 0. The van der Waals surface area contributed by atoms with Crippen molar-refractivity contribution in [2.45, 2.75) is 19.4 Å². The van der Waals surface area contributed by atoms with E-state index in [-0.39, 0.29) is 6.04 Å². The second-order valence-electron chi connectivity index (χ2n) is 3.40. The molecule has 0 aliphatic heterocycles. The summed E-state index contributed by atoms with van der Waals surface area (Å²) in [5, 5.41) is 0. The lowest BCUT2D eigenvalue weighted by atomic mass is 10.1. The van der Waals surface area contributed by atoms with Gasteiger partial charge < -0.3 is 5.73 Å². The Labute approximate surface area is 90.9 Å². The normalized spacial score (nSPS) is 12.5. The van der Waals surface area contributed by atoms with Crippen LogP contribution in [0.3, 0.4) is 0 Å². The molecule has 1 aromatic carbocycles. The number of rotatable bonds is 2. The Morgan fingerprint density at radius 3 is 2.07 bits per heavy atom. The fourth-order valence-electron chi connectivity index (χ4n) is 0.986. The Morgan fingerprint density at radius 2 is 1.73 bits per heavy atom. The first-order valence-corrected chi connectivity index (χ1v) is 6.36. The molecule has 0 aliphatic carbocycles. The Bertz CT molecular complexity index is 352. The van der Waals surface area contributed by atoms with Gasteiger partial charge in [0.2, 0.25) is 0 Å². The molecule has 1 rings (SSSR count). The van der Waals surface area contributed by atoms with Crippen LogP contribution in [0.15, 0.2) is 30.3 Å². The van der Waals surface area contributed by atoms with Gasteiger partial charge in [-0.3, -0.25) is 4.55 Å². The molecule has 86 valence electrons. The van der Waals surface area contributed by atoms with Crippen molar-refractivity contribution in [2.24, 2.45) is 5.73 Å². The molecular weight excluding hydrogens is 214 g/mol. The van der Waals surface area contributed by atoms with Crippen LogP contribution in [0.4, 0.5) is 0 Å². The van der Waals surface area contributed by atoms with E-state index in [2.05, 4.69) is 12.1 Å². The molecule has 0 bridgehead atoms. The van der Waals surface area contributed by atoms with Crippen molar-refractivity contribution < 1.29 is 13.0 Å². The fraction of sp³-hybridized carbons (Fsp3) is 0.400. The highest BCUT2D eigenvalue weighted by Crippen LogP contribution is 2.00. The van der Waals surface area contributed by atoms with Gasteiger partial charge in [0, 0.05) is 6.04 Å². The van der Waals surface area contributed by atoms with Crippen LogP contribution in [-0.2, 0) is 16.5 Å². The summed E-state index contributed by atoms with van der Waals surface area (Å²) in [6, 6.07) is 10.6. The Kier molecular flexibility index (Phi) is 6.15. The molecule has 1 aromatic rings. The first-order valence-electron chi connectivity index (χ1n) is 4.51. The van der Waals surface area contributed by atoms with Crippen LogP contribution in [0.1, 0.15) is 12.5 Å². The third-order valence-electron chi connectivity index (χ3n) is 1.40. The Hall–Kier alpha value is -0.910. The minimum Gasteiger partial charge on any atom is -0.328 e. The van der Waals surface area contributed by atoms with Crippen molar-refractivity contribution in [3.05, 3.63) is 35.9 Å². The molecular formula is C10H17NO3S. The standard InChI is InChI=1S/C9H13N.CH4O3S/c1-8(10)7-9-5-3-2-4-6-9;1-5(2,3)4/h2-6,8H,7,10H2,1H3;1H3,(H,2,3,4)/t8-;/m0./s1. The molecule has 15 heavy (non-hydrogen) atoms. The van der Waals surface area contributed by atoms with Crippen molar-refractivity contribution >= 4 is 10.1 Å². The number of nitrogens with two attached hydrogens (primary N) is 1. The van der Waals surface area contributed by atoms with Crippen molar-refractivity contribution in [3.63, 3.8) is 0 Å². The summed E-state index contributed by atoms with van der Waals surface area (Å²) in [6.45, 7) is 2.02. The van der Waals surface area contributed by atoms with Crippen LogP contribution in [0.5, 0.6) is 0 Å². The highest BCUT2D eigenvalue weighted by atomic mass is 32.2. The smallest absolute Gasteiger partial charge is 0.261 e. The van der Waals surface area contributed by atoms with Crippen molar-refractivity contribution in [2.75, 3.05) is 6.26 Å². The van der Waals surface area contributed by atoms with E-state index >= 15 is 0 Å². The third-order valence-corrected chi connectivity index (χ3v) is 1.40. The lowest BCUT2D eigenvalue weighted by Crippen LogP contribution is -2.17. The lowest BCUT2D eigenvalue weighted by molar-refractivity contribution is 0.490. The minimum atomic E-state index is -3.67. The average Bonchev–Trinajstić information content (AvgIpc) is 2.01. The summed E-state index contributed by atoms with van der Waals surface area (Å²) in [6.07, 6.45) is 1.69. The van der Waals surface area contributed by atoms with Gasteiger partial charge in [-0.1, -0.05) is 30.3 Å². The van der Waals surface area contributed by atoms with Crippen LogP contribution in [0.25, 0.3) is 0 Å². The summed E-state index contributed by atoms with van der Waals surface area (Å²) in [4.78, 5) is 0. The quantitative estimate of drug-likeness (QED) is 0.746. The molecule has 0 heterocycles. The fourth-order valence-corrected chi connectivity index (χ4v) is 0.986. The van der Waals surface area contributed by atoms with Gasteiger partial charge in [-0.15, -0.1) is 0 Å². The van der Waals surface area contributed by atoms with Crippen LogP contribution < -0.4 is 5.73 Å². The van der Waals surface area contributed by atoms with E-state index in [9.17, 15) is 8.42 Å². The molecule has 0 radical (unpaired) electrons. The molecule has 1 atom stereocenters. The van der Waals surface area contributed by atoms with E-state index in [0.29, 0.717) is 6.26 Å².